The van der Waals surface area contributed by atoms with Crippen molar-refractivity contribution < 1.29 is 13.3 Å². The van der Waals surface area contributed by atoms with Crippen molar-refractivity contribution in [3.05, 3.63) is 34.1 Å². The second-order valence-electron chi connectivity index (χ2n) is 5.30. The summed E-state index contributed by atoms with van der Waals surface area (Å²) < 4.78 is 32.0. The first-order chi connectivity index (χ1) is 10.1. The molecule has 0 bridgehead atoms. The van der Waals surface area contributed by atoms with Gasteiger partial charge in [-0.25, -0.2) is 8.78 Å². The Kier molecular flexibility index (Phi) is 4.03. The lowest BCUT2D eigenvalue weighted by molar-refractivity contribution is 0.299. The summed E-state index contributed by atoms with van der Waals surface area (Å²) in [6.07, 6.45) is 3.79. The van der Waals surface area contributed by atoms with Gasteiger partial charge in [-0.2, -0.15) is 4.98 Å². The summed E-state index contributed by atoms with van der Waals surface area (Å²) in [7, 11) is 0. The monoisotopic (exact) mass is 357 g/mol. The number of rotatable bonds is 2. The summed E-state index contributed by atoms with van der Waals surface area (Å²) >= 11 is 3.03. The zero-order valence-corrected chi connectivity index (χ0v) is 12.7. The largest absolute Gasteiger partial charge is 0.339 e. The van der Waals surface area contributed by atoms with E-state index in [1.165, 1.54) is 6.07 Å². The highest BCUT2D eigenvalue weighted by Gasteiger charge is 2.26. The molecule has 2 aromatic rings. The second kappa shape index (κ2) is 5.81. The van der Waals surface area contributed by atoms with Crippen LogP contribution in [0.3, 0.4) is 0 Å². The van der Waals surface area contributed by atoms with E-state index in [-0.39, 0.29) is 22.3 Å². The molecule has 1 aromatic heterocycles. The molecule has 2 atom stereocenters. The fraction of sp³-hybridized carbons (Fsp3) is 0.429. The summed E-state index contributed by atoms with van der Waals surface area (Å²) in [6.45, 7) is 0. The van der Waals surface area contributed by atoms with Crippen LogP contribution in [-0.2, 0) is 0 Å². The van der Waals surface area contributed by atoms with Gasteiger partial charge >= 0.3 is 0 Å². The van der Waals surface area contributed by atoms with Crippen LogP contribution in [0.1, 0.15) is 37.5 Å². The minimum absolute atomic E-state index is 0.00445. The third-order valence-corrected chi connectivity index (χ3v) is 4.56. The van der Waals surface area contributed by atoms with Gasteiger partial charge in [0.05, 0.1) is 4.47 Å². The van der Waals surface area contributed by atoms with E-state index in [1.807, 2.05) is 0 Å². The topological polar surface area (TPSA) is 64.9 Å². The Bertz CT molecular complexity index is 662. The van der Waals surface area contributed by atoms with Gasteiger partial charge < -0.3 is 10.3 Å². The molecule has 2 N–H and O–H groups in total. The van der Waals surface area contributed by atoms with Crippen LogP contribution in [0.5, 0.6) is 0 Å². The van der Waals surface area contributed by atoms with Crippen molar-refractivity contribution in [2.75, 3.05) is 0 Å². The first kappa shape index (κ1) is 14.6. The zero-order chi connectivity index (χ0) is 15.0. The van der Waals surface area contributed by atoms with E-state index in [0.29, 0.717) is 11.5 Å². The Hall–Kier alpha value is -1.34. The molecule has 112 valence electrons. The van der Waals surface area contributed by atoms with Gasteiger partial charge in [-0.3, -0.25) is 0 Å². The third kappa shape index (κ3) is 2.85. The first-order valence-corrected chi connectivity index (χ1v) is 7.58. The molecule has 1 saturated carbocycles. The van der Waals surface area contributed by atoms with Gasteiger partial charge in [0.2, 0.25) is 11.7 Å². The molecule has 0 amide bonds. The molecule has 0 radical (unpaired) electrons. The van der Waals surface area contributed by atoms with Gasteiger partial charge in [-0.15, -0.1) is 0 Å². The molecule has 0 spiro atoms. The zero-order valence-electron chi connectivity index (χ0n) is 11.2. The molecular weight excluding hydrogens is 344 g/mol. The predicted molar refractivity (Wildman–Crippen MR) is 76.5 cm³/mol. The van der Waals surface area contributed by atoms with Gasteiger partial charge in [0.1, 0.15) is 0 Å². The number of benzene rings is 1. The number of nitrogens with zero attached hydrogens (tertiary/aromatic N) is 2. The number of aromatic nitrogens is 2. The lowest BCUT2D eigenvalue weighted by Crippen LogP contribution is -2.26. The number of halogens is 3. The highest BCUT2D eigenvalue weighted by Crippen LogP contribution is 2.34. The van der Waals surface area contributed by atoms with E-state index in [9.17, 15) is 8.78 Å². The highest BCUT2D eigenvalue weighted by molar-refractivity contribution is 9.10. The number of hydrogen-bond donors (Lipinski definition) is 1. The van der Waals surface area contributed by atoms with E-state index in [0.717, 1.165) is 31.7 Å². The van der Waals surface area contributed by atoms with Crippen LogP contribution in [-0.4, -0.2) is 16.2 Å². The van der Waals surface area contributed by atoms with Gasteiger partial charge in [-0.05, 0) is 47.3 Å². The Balaban J connectivity index is 1.90. The van der Waals surface area contributed by atoms with Crippen LogP contribution in [0.2, 0.25) is 0 Å². The van der Waals surface area contributed by atoms with Crippen molar-refractivity contribution in [3.63, 3.8) is 0 Å². The molecule has 4 nitrogen and oxygen atoms in total. The van der Waals surface area contributed by atoms with Crippen molar-refractivity contribution in [3.8, 4) is 11.4 Å². The minimum atomic E-state index is -0.960. The van der Waals surface area contributed by atoms with Gasteiger partial charge in [0.25, 0.3) is 0 Å². The van der Waals surface area contributed by atoms with Crippen molar-refractivity contribution in [1.82, 2.24) is 10.1 Å². The summed E-state index contributed by atoms with van der Waals surface area (Å²) in [6, 6.07) is 2.61. The molecule has 2 unspecified atom stereocenters. The first-order valence-electron chi connectivity index (χ1n) is 6.79. The average Bonchev–Trinajstić information content (AvgIpc) is 2.94. The highest BCUT2D eigenvalue weighted by atomic mass is 79.9. The van der Waals surface area contributed by atoms with Crippen LogP contribution in [0.25, 0.3) is 11.4 Å². The van der Waals surface area contributed by atoms with Crippen LogP contribution in [0.4, 0.5) is 8.78 Å². The predicted octanol–water partition coefficient (Wildman–Crippen LogP) is 3.76. The Morgan fingerprint density at radius 2 is 2.10 bits per heavy atom. The standard InChI is InChI=1S/C14H14BrF2N3O/c15-11-9(4-5-10(16)12(11)17)13-19-14(21-20-13)7-2-1-3-8(18)6-7/h4-5,7-8H,1-3,6,18H2. The van der Waals surface area contributed by atoms with Crippen molar-refractivity contribution in [1.29, 1.82) is 0 Å². The molecule has 21 heavy (non-hydrogen) atoms. The maximum absolute atomic E-state index is 13.6. The summed E-state index contributed by atoms with van der Waals surface area (Å²) in [5.41, 5.74) is 6.32. The van der Waals surface area contributed by atoms with Gasteiger partial charge in [-0.1, -0.05) is 11.6 Å². The van der Waals surface area contributed by atoms with Crippen molar-refractivity contribution in [2.24, 2.45) is 5.73 Å². The van der Waals surface area contributed by atoms with Crippen molar-refractivity contribution >= 4 is 15.9 Å². The minimum Gasteiger partial charge on any atom is -0.339 e. The normalized spacial score (nSPS) is 22.5. The van der Waals surface area contributed by atoms with E-state index in [4.69, 9.17) is 10.3 Å². The van der Waals surface area contributed by atoms with E-state index in [2.05, 4.69) is 26.1 Å². The van der Waals surface area contributed by atoms with E-state index >= 15 is 0 Å². The van der Waals surface area contributed by atoms with E-state index in [1.54, 1.807) is 0 Å². The number of nitrogens with two attached hydrogens (primary N) is 1. The molecule has 1 heterocycles. The van der Waals surface area contributed by atoms with Crippen LogP contribution >= 0.6 is 15.9 Å². The maximum atomic E-state index is 13.6. The SMILES string of the molecule is NC1CCCC(c2nc(-c3ccc(F)c(F)c3Br)no2)C1. The lowest BCUT2D eigenvalue weighted by atomic mass is 9.86. The molecule has 1 aliphatic carbocycles. The summed E-state index contributed by atoms with van der Waals surface area (Å²) in [4.78, 5) is 4.32. The second-order valence-corrected chi connectivity index (χ2v) is 6.10. The van der Waals surface area contributed by atoms with Crippen LogP contribution < -0.4 is 5.73 Å². The summed E-state index contributed by atoms with van der Waals surface area (Å²) in [5, 5.41) is 3.87. The fourth-order valence-electron chi connectivity index (χ4n) is 2.66. The van der Waals surface area contributed by atoms with Crippen LogP contribution in [0, 0.1) is 11.6 Å². The molecule has 1 fully saturated rings. The molecule has 7 heteroatoms. The summed E-state index contributed by atoms with van der Waals surface area (Å²) in [5.74, 6) is -0.989. The lowest BCUT2D eigenvalue weighted by Gasteiger charge is -2.23. The Labute approximate surface area is 128 Å². The molecule has 0 saturated heterocycles. The molecular formula is C14H14BrF2N3O. The molecule has 1 aromatic carbocycles. The Morgan fingerprint density at radius 1 is 1.29 bits per heavy atom. The number of hydrogen-bond acceptors (Lipinski definition) is 4. The molecule has 1 aliphatic rings. The third-order valence-electron chi connectivity index (χ3n) is 3.78. The maximum Gasteiger partial charge on any atom is 0.230 e. The van der Waals surface area contributed by atoms with Gasteiger partial charge in [0.15, 0.2) is 11.6 Å². The molecule has 3 rings (SSSR count). The quantitative estimate of drug-likeness (QED) is 0.831. The average molecular weight is 358 g/mol. The smallest absolute Gasteiger partial charge is 0.230 e. The Morgan fingerprint density at radius 3 is 2.86 bits per heavy atom. The van der Waals surface area contributed by atoms with Gasteiger partial charge in [0, 0.05) is 17.5 Å². The van der Waals surface area contributed by atoms with E-state index < -0.39 is 11.6 Å². The van der Waals surface area contributed by atoms with Crippen LogP contribution in [0.15, 0.2) is 21.1 Å². The van der Waals surface area contributed by atoms with Crippen molar-refractivity contribution in [2.45, 2.75) is 37.6 Å². The molecule has 0 aliphatic heterocycles. The fourth-order valence-corrected chi connectivity index (χ4v) is 3.16.